The van der Waals surface area contributed by atoms with Crippen LogP contribution in [0.25, 0.3) is 0 Å². The summed E-state index contributed by atoms with van der Waals surface area (Å²) in [6.07, 6.45) is 3.83. The van der Waals surface area contributed by atoms with Gasteiger partial charge < -0.3 is 10.1 Å². The van der Waals surface area contributed by atoms with E-state index in [1.807, 2.05) is 6.92 Å². The zero-order chi connectivity index (χ0) is 10.5. The van der Waals surface area contributed by atoms with Crippen molar-refractivity contribution in [1.29, 1.82) is 0 Å². The van der Waals surface area contributed by atoms with Crippen LogP contribution in [0.3, 0.4) is 0 Å². The molecule has 4 heteroatoms. The van der Waals surface area contributed by atoms with E-state index in [2.05, 4.69) is 15.7 Å². The van der Waals surface area contributed by atoms with E-state index in [1.54, 1.807) is 11.3 Å². The molecule has 0 amide bonds. The summed E-state index contributed by atoms with van der Waals surface area (Å²) in [5, 5.41) is 6.77. The normalized spacial score (nSPS) is 21.8. The number of nitrogens with one attached hydrogen (secondary N) is 1. The molecule has 2 heterocycles. The zero-order valence-corrected chi connectivity index (χ0v) is 9.98. The van der Waals surface area contributed by atoms with Gasteiger partial charge in [0.25, 0.3) is 0 Å². The maximum atomic E-state index is 5.35. The first-order valence-electron chi connectivity index (χ1n) is 5.65. The van der Waals surface area contributed by atoms with Crippen molar-refractivity contribution in [3.8, 4) is 0 Å². The fraction of sp³-hybridized carbons (Fsp3) is 0.727. The van der Waals surface area contributed by atoms with Gasteiger partial charge in [0.2, 0.25) is 0 Å². The van der Waals surface area contributed by atoms with Gasteiger partial charge in [-0.25, -0.2) is 4.98 Å². The van der Waals surface area contributed by atoms with Crippen LogP contribution in [0, 0.1) is 0 Å². The highest BCUT2D eigenvalue weighted by atomic mass is 32.1. The average Bonchev–Trinajstić information content (AvgIpc) is 2.76. The Morgan fingerprint density at radius 2 is 2.53 bits per heavy atom. The van der Waals surface area contributed by atoms with Crippen LogP contribution in [0.2, 0.25) is 0 Å². The number of rotatable bonds is 4. The van der Waals surface area contributed by atoms with Gasteiger partial charge in [-0.05, 0) is 26.3 Å². The molecular formula is C11H18N2OS. The maximum Gasteiger partial charge on any atom is 0.119 e. The van der Waals surface area contributed by atoms with Gasteiger partial charge in [0, 0.05) is 12.0 Å². The van der Waals surface area contributed by atoms with E-state index in [-0.39, 0.29) is 0 Å². The summed E-state index contributed by atoms with van der Waals surface area (Å²) in [7, 11) is 0. The van der Waals surface area contributed by atoms with Gasteiger partial charge in [-0.3, -0.25) is 0 Å². The molecule has 84 valence electrons. The quantitative estimate of drug-likeness (QED) is 0.856. The molecule has 0 aromatic carbocycles. The fourth-order valence-electron chi connectivity index (χ4n) is 1.85. The van der Waals surface area contributed by atoms with Gasteiger partial charge in [-0.1, -0.05) is 6.42 Å². The molecule has 1 unspecified atom stereocenters. The molecule has 1 N–H and O–H groups in total. The lowest BCUT2D eigenvalue weighted by molar-refractivity contribution is 0.133. The SMILES string of the molecule is CCOCc1nc(C2CCCCN2)cs1. The molecule has 0 spiro atoms. The van der Waals surface area contributed by atoms with Crippen molar-refractivity contribution in [2.75, 3.05) is 13.2 Å². The molecule has 1 aliphatic heterocycles. The molecule has 1 saturated heterocycles. The lowest BCUT2D eigenvalue weighted by atomic mass is 10.0. The summed E-state index contributed by atoms with van der Waals surface area (Å²) in [5.74, 6) is 0. The minimum absolute atomic E-state index is 0.477. The van der Waals surface area contributed by atoms with Crippen LogP contribution >= 0.6 is 11.3 Å². The molecule has 0 saturated carbocycles. The lowest BCUT2D eigenvalue weighted by Gasteiger charge is -2.21. The predicted molar refractivity (Wildman–Crippen MR) is 62.0 cm³/mol. The van der Waals surface area contributed by atoms with Crippen molar-refractivity contribution < 1.29 is 4.74 Å². The second-order valence-electron chi connectivity index (χ2n) is 3.81. The number of hydrogen-bond acceptors (Lipinski definition) is 4. The van der Waals surface area contributed by atoms with Crippen LogP contribution in [0.5, 0.6) is 0 Å². The third-order valence-corrected chi connectivity index (χ3v) is 3.51. The summed E-state index contributed by atoms with van der Waals surface area (Å²) in [4.78, 5) is 4.60. The number of piperidine rings is 1. The van der Waals surface area contributed by atoms with E-state index in [9.17, 15) is 0 Å². The maximum absolute atomic E-state index is 5.35. The van der Waals surface area contributed by atoms with Crippen molar-refractivity contribution in [1.82, 2.24) is 10.3 Å². The van der Waals surface area contributed by atoms with Gasteiger partial charge in [0.05, 0.1) is 18.3 Å². The third-order valence-electron chi connectivity index (χ3n) is 2.67. The molecule has 0 radical (unpaired) electrons. The summed E-state index contributed by atoms with van der Waals surface area (Å²) in [5.41, 5.74) is 1.20. The van der Waals surface area contributed by atoms with Gasteiger partial charge in [-0.15, -0.1) is 11.3 Å². The van der Waals surface area contributed by atoms with Gasteiger partial charge in [-0.2, -0.15) is 0 Å². The smallest absolute Gasteiger partial charge is 0.119 e. The summed E-state index contributed by atoms with van der Waals surface area (Å²) < 4.78 is 5.35. The molecule has 15 heavy (non-hydrogen) atoms. The molecule has 1 aliphatic rings. The molecule has 2 rings (SSSR count). The topological polar surface area (TPSA) is 34.1 Å². The molecule has 3 nitrogen and oxygen atoms in total. The van der Waals surface area contributed by atoms with Crippen molar-refractivity contribution in [3.05, 3.63) is 16.1 Å². The number of aromatic nitrogens is 1. The number of ether oxygens (including phenoxy) is 1. The standard InChI is InChI=1S/C11H18N2OS/c1-2-14-7-11-13-10(8-15-11)9-5-3-4-6-12-9/h8-9,12H,2-7H2,1H3. The van der Waals surface area contributed by atoms with Crippen LogP contribution in [0.15, 0.2) is 5.38 Å². The minimum Gasteiger partial charge on any atom is -0.375 e. The Balaban J connectivity index is 1.93. The van der Waals surface area contributed by atoms with Crippen LogP contribution < -0.4 is 5.32 Å². The first-order valence-corrected chi connectivity index (χ1v) is 6.53. The Morgan fingerprint density at radius 3 is 3.27 bits per heavy atom. The summed E-state index contributed by atoms with van der Waals surface area (Å²) in [6.45, 7) is 4.56. The molecule has 1 fully saturated rings. The second-order valence-corrected chi connectivity index (χ2v) is 4.75. The fourth-order valence-corrected chi connectivity index (χ4v) is 2.63. The van der Waals surface area contributed by atoms with E-state index >= 15 is 0 Å². The van der Waals surface area contributed by atoms with Crippen molar-refractivity contribution in [3.63, 3.8) is 0 Å². The molecule has 1 aromatic heterocycles. The molecule has 0 bridgehead atoms. The van der Waals surface area contributed by atoms with Crippen LogP contribution in [-0.2, 0) is 11.3 Å². The van der Waals surface area contributed by atoms with Gasteiger partial charge in [0.1, 0.15) is 5.01 Å². The number of hydrogen-bond donors (Lipinski definition) is 1. The van der Waals surface area contributed by atoms with Crippen molar-refractivity contribution in [2.45, 2.75) is 38.8 Å². The van der Waals surface area contributed by atoms with Crippen LogP contribution in [0.1, 0.15) is 42.9 Å². The van der Waals surface area contributed by atoms with E-state index in [4.69, 9.17) is 4.74 Å². The van der Waals surface area contributed by atoms with E-state index < -0.39 is 0 Å². The highest BCUT2D eigenvalue weighted by Gasteiger charge is 2.17. The Bertz CT molecular complexity index is 295. The molecular weight excluding hydrogens is 208 g/mol. The first-order chi connectivity index (χ1) is 7.40. The molecule has 1 atom stereocenters. The van der Waals surface area contributed by atoms with Crippen LogP contribution in [-0.4, -0.2) is 18.1 Å². The Kier molecular flexibility index (Phi) is 4.11. The summed E-state index contributed by atoms with van der Waals surface area (Å²) in [6, 6.07) is 0.477. The van der Waals surface area contributed by atoms with E-state index in [0.29, 0.717) is 12.6 Å². The summed E-state index contributed by atoms with van der Waals surface area (Å²) >= 11 is 1.71. The molecule has 1 aromatic rings. The Hall–Kier alpha value is -0.450. The third kappa shape index (κ3) is 3.00. The van der Waals surface area contributed by atoms with Gasteiger partial charge >= 0.3 is 0 Å². The predicted octanol–water partition coefficient (Wildman–Crippen LogP) is 2.49. The molecule has 0 aliphatic carbocycles. The monoisotopic (exact) mass is 226 g/mol. The average molecular weight is 226 g/mol. The first kappa shape index (κ1) is 11.0. The van der Waals surface area contributed by atoms with E-state index in [0.717, 1.165) is 18.2 Å². The Labute approximate surface area is 94.9 Å². The van der Waals surface area contributed by atoms with Crippen LogP contribution in [0.4, 0.5) is 0 Å². The van der Waals surface area contributed by atoms with Crippen molar-refractivity contribution in [2.24, 2.45) is 0 Å². The number of thiazole rings is 1. The van der Waals surface area contributed by atoms with Crippen molar-refractivity contribution >= 4 is 11.3 Å². The van der Waals surface area contributed by atoms with E-state index in [1.165, 1.54) is 25.0 Å². The zero-order valence-electron chi connectivity index (χ0n) is 9.16. The lowest BCUT2D eigenvalue weighted by Crippen LogP contribution is -2.26. The largest absolute Gasteiger partial charge is 0.375 e. The minimum atomic E-state index is 0.477. The highest BCUT2D eigenvalue weighted by Crippen LogP contribution is 2.24. The second kappa shape index (κ2) is 5.58. The number of nitrogens with zero attached hydrogens (tertiary/aromatic N) is 1. The highest BCUT2D eigenvalue weighted by molar-refractivity contribution is 7.09. The Morgan fingerprint density at radius 1 is 1.60 bits per heavy atom. The van der Waals surface area contributed by atoms with Gasteiger partial charge in [0.15, 0.2) is 0 Å².